The Morgan fingerprint density at radius 1 is 1.62 bits per heavy atom. The molecule has 0 unspecified atom stereocenters. The van der Waals surface area contributed by atoms with Crippen LogP contribution >= 0.6 is 0 Å². The van der Waals surface area contributed by atoms with E-state index in [1.807, 2.05) is 12.1 Å². The van der Waals surface area contributed by atoms with Crippen LogP contribution in [0, 0.1) is 0 Å². The van der Waals surface area contributed by atoms with Crippen molar-refractivity contribution in [3.05, 3.63) is 24.2 Å². The summed E-state index contributed by atoms with van der Waals surface area (Å²) in [7, 11) is 0. The fraction of sp³-hybridized carbons (Fsp3) is 0.250. The third kappa shape index (κ3) is 1.46. The number of H-pyrrole nitrogens is 1. The van der Waals surface area contributed by atoms with Crippen molar-refractivity contribution in [2.75, 3.05) is 0 Å². The molecule has 0 saturated heterocycles. The zero-order valence-electron chi connectivity index (χ0n) is 7.19. The summed E-state index contributed by atoms with van der Waals surface area (Å²) in [5, 5.41) is 3.78. The molecule has 1 atom stereocenters. The van der Waals surface area contributed by atoms with E-state index in [0.717, 1.165) is 5.69 Å². The number of aromatic amines is 1. The number of rotatable bonds is 2. The number of hydrogen-bond donors (Lipinski definition) is 2. The lowest BCUT2D eigenvalue weighted by molar-refractivity contribution is 0.362. The van der Waals surface area contributed by atoms with Gasteiger partial charge in [-0.05, 0) is 19.1 Å². The summed E-state index contributed by atoms with van der Waals surface area (Å²) < 4.78 is 4.94. The molecule has 68 valence electrons. The van der Waals surface area contributed by atoms with Gasteiger partial charge >= 0.3 is 0 Å². The summed E-state index contributed by atoms with van der Waals surface area (Å²) in [5.41, 5.74) is 6.40. The molecule has 0 saturated carbocycles. The molecule has 2 heterocycles. The summed E-state index contributed by atoms with van der Waals surface area (Å²) in [4.78, 5) is 7.10. The molecule has 13 heavy (non-hydrogen) atoms. The van der Waals surface area contributed by atoms with Crippen LogP contribution in [0.25, 0.3) is 11.5 Å². The fourth-order valence-electron chi connectivity index (χ4n) is 0.999. The van der Waals surface area contributed by atoms with Crippen LogP contribution in [0.5, 0.6) is 0 Å². The van der Waals surface area contributed by atoms with Crippen LogP contribution < -0.4 is 5.73 Å². The van der Waals surface area contributed by atoms with Crippen LogP contribution in [-0.2, 0) is 0 Å². The highest BCUT2D eigenvalue weighted by molar-refractivity contribution is 5.47. The first-order valence-electron chi connectivity index (χ1n) is 4.00. The topological polar surface area (TPSA) is 80.7 Å². The molecule has 0 bridgehead atoms. The second-order valence-corrected chi connectivity index (χ2v) is 2.83. The van der Waals surface area contributed by atoms with Gasteiger partial charge in [0.2, 0.25) is 11.7 Å². The van der Waals surface area contributed by atoms with E-state index in [4.69, 9.17) is 10.3 Å². The SMILES string of the molecule is C[C@H](N)c1nc(-c2ccc[nH]2)no1. The predicted molar refractivity (Wildman–Crippen MR) is 46.7 cm³/mol. The third-order valence-corrected chi connectivity index (χ3v) is 1.67. The van der Waals surface area contributed by atoms with E-state index in [2.05, 4.69) is 15.1 Å². The first kappa shape index (κ1) is 8.00. The van der Waals surface area contributed by atoms with Crippen molar-refractivity contribution < 1.29 is 4.52 Å². The quantitative estimate of drug-likeness (QED) is 0.721. The van der Waals surface area contributed by atoms with Gasteiger partial charge in [0.15, 0.2) is 0 Å². The van der Waals surface area contributed by atoms with E-state index in [0.29, 0.717) is 11.7 Å². The van der Waals surface area contributed by atoms with Gasteiger partial charge in [0.05, 0.1) is 11.7 Å². The molecule has 2 aromatic heterocycles. The number of aromatic nitrogens is 3. The highest BCUT2D eigenvalue weighted by Gasteiger charge is 2.11. The Labute approximate surface area is 75.0 Å². The van der Waals surface area contributed by atoms with Crippen LogP contribution in [-0.4, -0.2) is 15.1 Å². The monoisotopic (exact) mass is 178 g/mol. The number of nitrogens with two attached hydrogens (primary N) is 1. The van der Waals surface area contributed by atoms with Crippen molar-refractivity contribution in [2.45, 2.75) is 13.0 Å². The van der Waals surface area contributed by atoms with Gasteiger partial charge in [-0.2, -0.15) is 4.98 Å². The van der Waals surface area contributed by atoms with E-state index in [1.165, 1.54) is 0 Å². The molecular weight excluding hydrogens is 168 g/mol. The Kier molecular flexibility index (Phi) is 1.86. The van der Waals surface area contributed by atoms with Gasteiger partial charge < -0.3 is 15.2 Å². The second-order valence-electron chi connectivity index (χ2n) is 2.83. The molecule has 0 aliphatic rings. The summed E-state index contributed by atoms with van der Waals surface area (Å²) in [5.74, 6) is 0.988. The molecular formula is C8H10N4O. The Balaban J connectivity index is 2.33. The molecule has 0 aliphatic carbocycles. The molecule has 5 heteroatoms. The van der Waals surface area contributed by atoms with Crippen molar-refractivity contribution in [1.29, 1.82) is 0 Å². The highest BCUT2D eigenvalue weighted by atomic mass is 16.5. The number of nitrogens with one attached hydrogen (secondary N) is 1. The van der Waals surface area contributed by atoms with E-state index < -0.39 is 0 Å². The second kappa shape index (κ2) is 3.02. The Morgan fingerprint density at radius 2 is 2.46 bits per heavy atom. The summed E-state index contributed by atoms with van der Waals surface area (Å²) in [6.45, 7) is 1.80. The van der Waals surface area contributed by atoms with Crippen molar-refractivity contribution in [3.8, 4) is 11.5 Å². The van der Waals surface area contributed by atoms with Crippen molar-refractivity contribution in [2.24, 2.45) is 5.73 Å². The average Bonchev–Trinajstić information content (AvgIpc) is 2.75. The standard InChI is InChI=1S/C8H10N4O/c1-5(9)8-11-7(12-13-8)6-3-2-4-10-6/h2-5,10H,9H2,1H3/t5-/m0/s1. The van der Waals surface area contributed by atoms with Gasteiger partial charge in [-0.25, -0.2) is 0 Å². The minimum atomic E-state index is -0.226. The van der Waals surface area contributed by atoms with Gasteiger partial charge in [0.1, 0.15) is 0 Å². The van der Waals surface area contributed by atoms with Gasteiger partial charge in [-0.15, -0.1) is 0 Å². The van der Waals surface area contributed by atoms with Crippen LogP contribution in [0.3, 0.4) is 0 Å². The Bertz CT molecular complexity index is 377. The average molecular weight is 178 g/mol. The van der Waals surface area contributed by atoms with Crippen LogP contribution in [0.2, 0.25) is 0 Å². The van der Waals surface area contributed by atoms with Gasteiger partial charge in [0.25, 0.3) is 0 Å². The number of hydrogen-bond acceptors (Lipinski definition) is 4. The Morgan fingerprint density at radius 3 is 3.00 bits per heavy atom. The molecule has 0 radical (unpaired) electrons. The summed E-state index contributed by atoms with van der Waals surface area (Å²) in [6.07, 6.45) is 1.80. The zero-order valence-corrected chi connectivity index (χ0v) is 7.19. The molecule has 3 N–H and O–H groups in total. The van der Waals surface area contributed by atoms with E-state index in [9.17, 15) is 0 Å². The summed E-state index contributed by atoms with van der Waals surface area (Å²) in [6, 6.07) is 3.52. The van der Waals surface area contributed by atoms with E-state index in [1.54, 1.807) is 13.1 Å². The first-order valence-corrected chi connectivity index (χ1v) is 4.00. The van der Waals surface area contributed by atoms with Crippen LogP contribution in [0.15, 0.2) is 22.9 Å². The molecule has 0 fully saturated rings. The minimum absolute atomic E-state index is 0.226. The largest absolute Gasteiger partial charge is 0.359 e. The summed E-state index contributed by atoms with van der Waals surface area (Å²) >= 11 is 0. The minimum Gasteiger partial charge on any atom is -0.359 e. The van der Waals surface area contributed by atoms with E-state index >= 15 is 0 Å². The molecule has 0 aliphatic heterocycles. The Hall–Kier alpha value is -1.62. The molecule has 5 nitrogen and oxygen atoms in total. The lowest BCUT2D eigenvalue weighted by atomic mass is 10.3. The normalized spacial score (nSPS) is 13.1. The molecule has 0 aromatic carbocycles. The van der Waals surface area contributed by atoms with E-state index in [-0.39, 0.29) is 6.04 Å². The van der Waals surface area contributed by atoms with Crippen molar-refractivity contribution >= 4 is 0 Å². The van der Waals surface area contributed by atoms with Crippen molar-refractivity contribution in [1.82, 2.24) is 15.1 Å². The van der Waals surface area contributed by atoms with Crippen LogP contribution in [0.4, 0.5) is 0 Å². The number of nitrogens with zero attached hydrogens (tertiary/aromatic N) is 2. The fourth-order valence-corrected chi connectivity index (χ4v) is 0.999. The van der Waals surface area contributed by atoms with Crippen molar-refractivity contribution in [3.63, 3.8) is 0 Å². The first-order chi connectivity index (χ1) is 6.27. The smallest absolute Gasteiger partial charge is 0.243 e. The van der Waals surface area contributed by atoms with Crippen LogP contribution in [0.1, 0.15) is 18.9 Å². The van der Waals surface area contributed by atoms with Gasteiger partial charge in [-0.3, -0.25) is 0 Å². The maximum atomic E-state index is 5.57. The van der Waals surface area contributed by atoms with Gasteiger partial charge in [-0.1, -0.05) is 5.16 Å². The third-order valence-electron chi connectivity index (χ3n) is 1.67. The molecule has 2 rings (SSSR count). The highest BCUT2D eigenvalue weighted by Crippen LogP contribution is 2.14. The molecule has 0 spiro atoms. The maximum Gasteiger partial charge on any atom is 0.243 e. The maximum absolute atomic E-state index is 5.57. The van der Waals surface area contributed by atoms with Gasteiger partial charge in [0, 0.05) is 6.20 Å². The predicted octanol–water partition coefficient (Wildman–Crippen LogP) is 1.08. The lowest BCUT2D eigenvalue weighted by Crippen LogP contribution is -2.04. The zero-order chi connectivity index (χ0) is 9.26. The lowest BCUT2D eigenvalue weighted by Gasteiger charge is -1.92. The molecule has 2 aromatic rings. The molecule has 0 amide bonds.